The number of rotatable bonds is 5. The minimum Gasteiger partial charge on any atom is -0.488 e. The van der Waals surface area contributed by atoms with Crippen molar-refractivity contribution in [2.75, 3.05) is 18.5 Å². The van der Waals surface area contributed by atoms with E-state index in [-0.39, 0.29) is 26.5 Å². The van der Waals surface area contributed by atoms with Gasteiger partial charge in [0.1, 0.15) is 11.3 Å². The molecule has 2 aromatic heterocycles. The van der Waals surface area contributed by atoms with E-state index in [1.807, 2.05) is 25.4 Å². The van der Waals surface area contributed by atoms with Crippen LogP contribution in [0.4, 0.5) is 5.95 Å². The van der Waals surface area contributed by atoms with Gasteiger partial charge in [-0.3, -0.25) is 4.79 Å². The SMILES string of the molecule is C.C.Cc1cnc(NC2CCC(Oc3cc(C4=CCOCC4)cc4ncc(=O)n(C)c34)CC2)nc1. The molecule has 0 atom stereocenters. The highest BCUT2D eigenvalue weighted by atomic mass is 16.5. The van der Waals surface area contributed by atoms with Gasteiger partial charge in [-0.15, -0.1) is 0 Å². The topological polar surface area (TPSA) is 91.2 Å². The van der Waals surface area contributed by atoms with Crippen LogP contribution >= 0.6 is 0 Å². The first-order valence-electron chi connectivity index (χ1n) is 11.6. The number of ether oxygens (including phenoxy) is 2. The van der Waals surface area contributed by atoms with Crippen molar-refractivity contribution in [3.05, 3.63) is 58.3 Å². The van der Waals surface area contributed by atoms with Crippen molar-refractivity contribution in [2.24, 2.45) is 7.05 Å². The summed E-state index contributed by atoms with van der Waals surface area (Å²) in [5.74, 6) is 1.40. The summed E-state index contributed by atoms with van der Waals surface area (Å²) in [6.07, 6.45) is 11.9. The number of aryl methyl sites for hydroxylation is 2. The van der Waals surface area contributed by atoms with E-state index >= 15 is 0 Å². The second-order valence-corrected chi connectivity index (χ2v) is 8.87. The maximum atomic E-state index is 12.3. The predicted octanol–water partition coefficient (Wildman–Crippen LogP) is 4.91. The highest BCUT2D eigenvalue weighted by molar-refractivity contribution is 5.86. The molecule has 0 bridgehead atoms. The molecule has 35 heavy (non-hydrogen) atoms. The van der Waals surface area contributed by atoms with Gasteiger partial charge in [0.05, 0.1) is 31.0 Å². The van der Waals surface area contributed by atoms with Crippen LogP contribution in [0.3, 0.4) is 0 Å². The lowest BCUT2D eigenvalue weighted by Crippen LogP contribution is -2.32. The van der Waals surface area contributed by atoms with Gasteiger partial charge >= 0.3 is 0 Å². The van der Waals surface area contributed by atoms with Crippen LogP contribution in [0.5, 0.6) is 5.75 Å². The van der Waals surface area contributed by atoms with Crippen molar-refractivity contribution in [3.8, 4) is 5.75 Å². The first kappa shape index (κ1) is 26.3. The Kier molecular flexibility index (Phi) is 8.62. The summed E-state index contributed by atoms with van der Waals surface area (Å²) in [6, 6.07) is 4.43. The molecule has 1 N–H and O–H groups in total. The van der Waals surface area contributed by atoms with E-state index in [0.29, 0.717) is 25.2 Å². The Morgan fingerprint density at radius 1 is 1.06 bits per heavy atom. The molecule has 0 radical (unpaired) electrons. The first-order valence-corrected chi connectivity index (χ1v) is 11.6. The molecule has 0 spiro atoms. The normalized spacial score (nSPS) is 19.8. The number of benzene rings is 1. The van der Waals surface area contributed by atoms with E-state index in [1.54, 1.807) is 11.6 Å². The molecule has 3 heterocycles. The van der Waals surface area contributed by atoms with Gasteiger partial charge in [0.25, 0.3) is 5.56 Å². The van der Waals surface area contributed by atoms with E-state index in [1.165, 1.54) is 11.8 Å². The minimum atomic E-state index is -0.142. The number of aromatic nitrogens is 4. The molecule has 1 aromatic carbocycles. The molecule has 188 valence electrons. The van der Waals surface area contributed by atoms with Crippen molar-refractivity contribution in [3.63, 3.8) is 0 Å². The Balaban J connectivity index is 0.00000171. The van der Waals surface area contributed by atoms with Gasteiger partial charge in [0, 0.05) is 25.5 Å². The number of hydrogen-bond donors (Lipinski definition) is 1. The summed E-state index contributed by atoms with van der Waals surface area (Å²) in [7, 11) is 1.77. The molecule has 8 heteroatoms. The van der Waals surface area contributed by atoms with Gasteiger partial charge in [0.2, 0.25) is 5.95 Å². The van der Waals surface area contributed by atoms with Crippen LogP contribution in [-0.2, 0) is 11.8 Å². The average Bonchev–Trinajstić information content (AvgIpc) is 2.84. The van der Waals surface area contributed by atoms with Crippen molar-refractivity contribution in [1.29, 1.82) is 0 Å². The lowest BCUT2D eigenvalue weighted by atomic mass is 9.93. The second-order valence-electron chi connectivity index (χ2n) is 8.87. The Labute approximate surface area is 207 Å². The quantitative estimate of drug-likeness (QED) is 0.556. The van der Waals surface area contributed by atoms with Crippen molar-refractivity contribution in [2.45, 2.75) is 66.0 Å². The minimum absolute atomic E-state index is 0. The fraction of sp³-hybridized carbons (Fsp3) is 0.481. The van der Waals surface area contributed by atoms with Crippen molar-refractivity contribution < 1.29 is 9.47 Å². The Morgan fingerprint density at radius 2 is 1.80 bits per heavy atom. The zero-order chi connectivity index (χ0) is 22.8. The van der Waals surface area contributed by atoms with E-state index in [9.17, 15) is 4.79 Å². The molecule has 3 aromatic rings. The zero-order valence-corrected chi connectivity index (χ0v) is 19.1. The maximum Gasteiger partial charge on any atom is 0.269 e. The van der Waals surface area contributed by atoms with Gasteiger partial charge in [-0.1, -0.05) is 20.9 Å². The predicted molar refractivity (Wildman–Crippen MR) is 141 cm³/mol. The lowest BCUT2D eigenvalue weighted by molar-refractivity contribution is 0.151. The second kappa shape index (κ2) is 11.4. The maximum absolute atomic E-state index is 12.3. The average molecular weight is 480 g/mol. The monoisotopic (exact) mass is 479 g/mol. The molecule has 1 saturated carbocycles. The fourth-order valence-corrected chi connectivity index (χ4v) is 4.57. The van der Waals surface area contributed by atoms with E-state index in [2.05, 4.69) is 32.4 Å². The van der Waals surface area contributed by atoms with E-state index in [4.69, 9.17) is 9.47 Å². The Bertz CT molecular complexity index is 1230. The summed E-state index contributed by atoms with van der Waals surface area (Å²) in [6.45, 7) is 3.31. The van der Waals surface area contributed by atoms with Crippen LogP contribution in [0.25, 0.3) is 16.6 Å². The number of nitrogens with one attached hydrogen (secondary N) is 1. The number of nitrogens with zero attached hydrogens (tertiary/aromatic N) is 4. The lowest BCUT2D eigenvalue weighted by Gasteiger charge is -2.30. The van der Waals surface area contributed by atoms with Gasteiger partial charge < -0.3 is 19.4 Å². The summed E-state index contributed by atoms with van der Waals surface area (Å²) in [5, 5.41) is 3.44. The van der Waals surface area contributed by atoms with Gasteiger partial charge in [-0.05, 0) is 67.9 Å². The molecule has 1 aliphatic heterocycles. The third kappa shape index (κ3) is 5.88. The number of fused-ring (bicyclic) bond motifs is 1. The zero-order valence-electron chi connectivity index (χ0n) is 19.1. The number of hydrogen-bond acceptors (Lipinski definition) is 7. The highest BCUT2D eigenvalue weighted by Gasteiger charge is 2.24. The van der Waals surface area contributed by atoms with E-state index < -0.39 is 0 Å². The Hall–Kier alpha value is -3.26. The molecule has 1 aliphatic carbocycles. The largest absolute Gasteiger partial charge is 0.488 e. The summed E-state index contributed by atoms with van der Waals surface area (Å²) in [4.78, 5) is 25.4. The van der Waals surface area contributed by atoms with Crippen LogP contribution in [0.2, 0.25) is 0 Å². The van der Waals surface area contributed by atoms with Gasteiger partial charge in [-0.25, -0.2) is 15.0 Å². The van der Waals surface area contributed by atoms with Crippen molar-refractivity contribution >= 4 is 22.6 Å². The summed E-state index contributed by atoms with van der Waals surface area (Å²) >= 11 is 0. The third-order valence-corrected chi connectivity index (χ3v) is 6.45. The molecule has 0 amide bonds. The molecule has 8 nitrogen and oxygen atoms in total. The molecule has 0 saturated heterocycles. The Morgan fingerprint density at radius 3 is 2.49 bits per heavy atom. The third-order valence-electron chi connectivity index (χ3n) is 6.45. The van der Waals surface area contributed by atoms with Crippen LogP contribution < -0.4 is 15.6 Å². The molecule has 0 unspecified atom stereocenters. The van der Waals surface area contributed by atoms with Crippen molar-refractivity contribution in [1.82, 2.24) is 19.5 Å². The molecular weight excluding hydrogens is 442 g/mol. The first-order chi connectivity index (χ1) is 16.1. The molecule has 5 rings (SSSR count). The van der Waals surface area contributed by atoms with Crippen LogP contribution in [0.15, 0.2) is 41.6 Å². The van der Waals surface area contributed by atoms with E-state index in [0.717, 1.165) is 60.0 Å². The highest BCUT2D eigenvalue weighted by Crippen LogP contribution is 2.33. The smallest absolute Gasteiger partial charge is 0.269 e. The van der Waals surface area contributed by atoms with Crippen LogP contribution in [0, 0.1) is 6.92 Å². The molecule has 1 fully saturated rings. The molecule has 2 aliphatic rings. The molecular formula is C27H37N5O3. The number of anilines is 1. The fourth-order valence-electron chi connectivity index (χ4n) is 4.57. The summed E-state index contributed by atoms with van der Waals surface area (Å²) in [5.41, 5.74) is 4.73. The van der Waals surface area contributed by atoms with Gasteiger partial charge in [0.15, 0.2) is 0 Å². The van der Waals surface area contributed by atoms with Gasteiger partial charge in [-0.2, -0.15) is 0 Å². The standard InChI is InChI=1S/C25H29N5O3.2CH4/c1-16-13-27-25(28-14-16)29-19-3-5-20(6-4-19)33-22-12-18(17-7-9-32-10-8-17)11-21-24(22)30(2)23(31)15-26-21;;/h7,11-15,19-20H,3-6,8-10H2,1-2H3,(H,27,28,29);2*1H4. The van der Waals surface area contributed by atoms with Crippen LogP contribution in [0.1, 0.15) is 58.1 Å². The summed E-state index contributed by atoms with van der Waals surface area (Å²) < 4.78 is 13.6. The van der Waals surface area contributed by atoms with Crippen LogP contribution in [-0.4, -0.2) is 44.9 Å².